The van der Waals surface area contributed by atoms with Gasteiger partial charge in [0.25, 0.3) is 0 Å². The number of rotatable bonds is 5. The van der Waals surface area contributed by atoms with Gasteiger partial charge in [-0.3, -0.25) is 0 Å². The zero-order chi connectivity index (χ0) is 10.4. The molecule has 0 aliphatic rings. The predicted molar refractivity (Wildman–Crippen MR) is 61.1 cm³/mol. The molecule has 0 aliphatic carbocycles. The molecule has 1 unspecified atom stereocenters. The van der Waals surface area contributed by atoms with Gasteiger partial charge in [-0.2, -0.15) is 0 Å². The number of benzene rings is 1. The monoisotopic (exact) mass is 210 g/mol. The molecule has 0 amide bonds. The van der Waals surface area contributed by atoms with Gasteiger partial charge in [-0.25, -0.2) is 0 Å². The SMILES string of the molecule is CCc1ccccc1COC(C)O[SiH3]. The molecule has 0 saturated carbocycles. The third-order valence-electron chi connectivity index (χ3n) is 2.30. The topological polar surface area (TPSA) is 18.5 Å². The lowest BCUT2D eigenvalue weighted by atomic mass is 10.1. The van der Waals surface area contributed by atoms with Crippen molar-refractivity contribution in [1.29, 1.82) is 0 Å². The maximum atomic E-state index is 5.53. The van der Waals surface area contributed by atoms with E-state index in [0.717, 1.165) is 16.9 Å². The van der Waals surface area contributed by atoms with Crippen LogP contribution in [0.4, 0.5) is 0 Å². The minimum absolute atomic E-state index is 0.0772. The molecule has 1 aromatic rings. The summed E-state index contributed by atoms with van der Waals surface area (Å²) in [4.78, 5) is 0. The first-order chi connectivity index (χ1) is 6.77. The zero-order valence-electron chi connectivity index (χ0n) is 9.12. The van der Waals surface area contributed by atoms with Crippen molar-refractivity contribution in [3.8, 4) is 0 Å². The zero-order valence-corrected chi connectivity index (χ0v) is 11.1. The normalized spacial score (nSPS) is 13.0. The Morgan fingerprint density at radius 3 is 2.50 bits per heavy atom. The second kappa shape index (κ2) is 5.96. The predicted octanol–water partition coefficient (Wildman–Crippen LogP) is 1.41. The Balaban J connectivity index is 2.57. The van der Waals surface area contributed by atoms with E-state index in [9.17, 15) is 0 Å². The maximum Gasteiger partial charge on any atom is 0.149 e. The van der Waals surface area contributed by atoms with Crippen LogP contribution in [0.2, 0.25) is 0 Å². The molecule has 1 atom stereocenters. The van der Waals surface area contributed by atoms with Crippen LogP contribution in [0.5, 0.6) is 0 Å². The summed E-state index contributed by atoms with van der Waals surface area (Å²) in [6.45, 7) is 4.74. The average Bonchev–Trinajstić information content (AvgIpc) is 2.26. The fraction of sp³-hybridized carbons (Fsp3) is 0.455. The lowest BCUT2D eigenvalue weighted by Gasteiger charge is -2.13. The molecular weight excluding hydrogens is 192 g/mol. The highest BCUT2D eigenvalue weighted by Gasteiger charge is 2.02. The van der Waals surface area contributed by atoms with Crippen LogP contribution in [-0.4, -0.2) is 16.8 Å². The van der Waals surface area contributed by atoms with Gasteiger partial charge in [0, 0.05) is 0 Å². The van der Waals surface area contributed by atoms with E-state index in [1.54, 1.807) is 0 Å². The fourth-order valence-electron chi connectivity index (χ4n) is 1.32. The van der Waals surface area contributed by atoms with Crippen molar-refractivity contribution in [2.75, 3.05) is 0 Å². The molecule has 1 aromatic carbocycles. The van der Waals surface area contributed by atoms with E-state index in [2.05, 4.69) is 25.1 Å². The second-order valence-electron chi connectivity index (χ2n) is 3.24. The van der Waals surface area contributed by atoms with E-state index in [0.29, 0.717) is 6.61 Å². The van der Waals surface area contributed by atoms with Gasteiger partial charge >= 0.3 is 0 Å². The minimum Gasteiger partial charge on any atom is -0.404 e. The average molecular weight is 210 g/mol. The Morgan fingerprint density at radius 2 is 1.93 bits per heavy atom. The molecule has 3 heteroatoms. The summed E-state index contributed by atoms with van der Waals surface area (Å²) in [6, 6.07) is 8.36. The van der Waals surface area contributed by atoms with Crippen molar-refractivity contribution in [2.45, 2.75) is 33.2 Å². The number of hydrogen-bond donors (Lipinski definition) is 0. The van der Waals surface area contributed by atoms with E-state index >= 15 is 0 Å². The number of aryl methyl sites for hydroxylation is 1. The van der Waals surface area contributed by atoms with Crippen molar-refractivity contribution >= 4 is 10.5 Å². The van der Waals surface area contributed by atoms with E-state index in [1.807, 2.05) is 13.0 Å². The van der Waals surface area contributed by atoms with E-state index in [1.165, 1.54) is 11.1 Å². The Kier molecular flexibility index (Phi) is 4.86. The van der Waals surface area contributed by atoms with Gasteiger partial charge in [-0.1, -0.05) is 31.2 Å². The highest BCUT2D eigenvalue weighted by atomic mass is 28.2. The van der Waals surface area contributed by atoms with Crippen molar-refractivity contribution in [2.24, 2.45) is 0 Å². The maximum absolute atomic E-state index is 5.53. The van der Waals surface area contributed by atoms with Crippen molar-refractivity contribution in [3.63, 3.8) is 0 Å². The van der Waals surface area contributed by atoms with Crippen LogP contribution in [0.25, 0.3) is 0 Å². The number of ether oxygens (including phenoxy) is 1. The minimum atomic E-state index is -0.0772. The Hall–Kier alpha value is -0.643. The molecule has 0 N–H and O–H groups in total. The standard InChI is InChI=1S/C11H18O2Si/c1-3-10-6-4-5-7-11(10)8-12-9(2)13-14/h4-7,9H,3,8H2,1-2,14H3. The lowest BCUT2D eigenvalue weighted by Crippen LogP contribution is -2.11. The van der Waals surface area contributed by atoms with Crippen LogP contribution in [0.3, 0.4) is 0 Å². The summed E-state index contributed by atoms with van der Waals surface area (Å²) in [5, 5.41) is 0. The molecule has 78 valence electrons. The van der Waals surface area contributed by atoms with Gasteiger partial charge in [0.15, 0.2) is 0 Å². The van der Waals surface area contributed by atoms with Crippen LogP contribution in [0, 0.1) is 0 Å². The van der Waals surface area contributed by atoms with Crippen molar-refractivity contribution in [3.05, 3.63) is 35.4 Å². The van der Waals surface area contributed by atoms with Crippen LogP contribution in [0.1, 0.15) is 25.0 Å². The fourth-order valence-corrected chi connectivity index (χ4v) is 1.45. The second-order valence-corrected chi connectivity index (χ2v) is 3.71. The Morgan fingerprint density at radius 1 is 1.29 bits per heavy atom. The molecule has 2 nitrogen and oxygen atoms in total. The van der Waals surface area contributed by atoms with E-state index < -0.39 is 0 Å². The molecule has 0 heterocycles. The molecule has 0 bridgehead atoms. The first kappa shape index (κ1) is 11.4. The quantitative estimate of drug-likeness (QED) is 0.540. The summed E-state index contributed by atoms with van der Waals surface area (Å²) in [5.74, 6) is 0. The lowest BCUT2D eigenvalue weighted by molar-refractivity contribution is -0.0725. The smallest absolute Gasteiger partial charge is 0.149 e. The highest BCUT2D eigenvalue weighted by Crippen LogP contribution is 2.11. The summed E-state index contributed by atoms with van der Waals surface area (Å²) < 4.78 is 10.7. The summed E-state index contributed by atoms with van der Waals surface area (Å²) in [7, 11) is 0.723. The third-order valence-corrected chi connectivity index (χ3v) is 2.97. The van der Waals surface area contributed by atoms with Crippen molar-refractivity contribution in [1.82, 2.24) is 0 Å². The summed E-state index contributed by atoms with van der Waals surface area (Å²) >= 11 is 0. The van der Waals surface area contributed by atoms with E-state index in [-0.39, 0.29) is 6.29 Å². The van der Waals surface area contributed by atoms with Gasteiger partial charge in [-0.15, -0.1) is 0 Å². The van der Waals surface area contributed by atoms with Gasteiger partial charge in [-0.05, 0) is 24.5 Å². The summed E-state index contributed by atoms with van der Waals surface area (Å²) in [5.41, 5.74) is 2.62. The Bertz CT molecular complexity index is 276. The molecule has 14 heavy (non-hydrogen) atoms. The molecule has 1 rings (SSSR count). The highest BCUT2D eigenvalue weighted by molar-refractivity contribution is 5.98. The first-order valence-corrected chi connectivity index (χ1v) is 5.80. The molecular formula is C11H18O2Si. The molecule has 0 aliphatic heterocycles. The molecule has 0 aromatic heterocycles. The first-order valence-electron chi connectivity index (χ1n) is 4.99. The molecule has 0 saturated heterocycles. The largest absolute Gasteiger partial charge is 0.404 e. The van der Waals surface area contributed by atoms with Crippen LogP contribution >= 0.6 is 0 Å². The van der Waals surface area contributed by atoms with Gasteiger partial charge in [0.2, 0.25) is 0 Å². The third kappa shape index (κ3) is 3.25. The van der Waals surface area contributed by atoms with Gasteiger partial charge < -0.3 is 9.16 Å². The summed E-state index contributed by atoms with van der Waals surface area (Å²) in [6.07, 6.45) is 0.974. The molecule has 0 fully saturated rings. The van der Waals surface area contributed by atoms with Crippen molar-refractivity contribution < 1.29 is 9.16 Å². The van der Waals surface area contributed by atoms with Gasteiger partial charge in [0.1, 0.15) is 16.8 Å². The molecule has 0 radical (unpaired) electrons. The van der Waals surface area contributed by atoms with Gasteiger partial charge in [0.05, 0.1) is 6.61 Å². The van der Waals surface area contributed by atoms with Crippen LogP contribution < -0.4 is 0 Å². The van der Waals surface area contributed by atoms with Crippen LogP contribution in [-0.2, 0) is 22.2 Å². The Labute approximate surface area is 88.8 Å². The van der Waals surface area contributed by atoms with Crippen LogP contribution in [0.15, 0.2) is 24.3 Å². The van der Waals surface area contributed by atoms with E-state index in [4.69, 9.17) is 9.16 Å². The molecule has 0 spiro atoms. The number of hydrogen-bond acceptors (Lipinski definition) is 2.